The molecule has 1 amide bonds. The fourth-order valence-electron chi connectivity index (χ4n) is 0.395. The monoisotopic (exact) mass is 178 g/mol. The van der Waals surface area contributed by atoms with Gasteiger partial charge in [0.05, 0.1) is 12.7 Å². The fourth-order valence-corrected chi connectivity index (χ4v) is 0.395. The van der Waals surface area contributed by atoms with Crippen molar-refractivity contribution in [3.63, 3.8) is 0 Å². The second-order valence-corrected chi connectivity index (χ2v) is 2.09. The molecule has 0 fully saturated rings. The summed E-state index contributed by atoms with van der Waals surface area (Å²) < 4.78 is 4.34. The molecule has 0 aliphatic heterocycles. The predicted molar refractivity (Wildman–Crippen MR) is 38.9 cm³/mol. The summed E-state index contributed by atoms with van der Waals surface area (Å²) >= 11 is 0. The molecular weight excluding hydrogens is 166 g/mol. The number of carbonyl (C=O) groups excluding carboxylic acids is 1. The Hall–Kier alpha value is -0.850. The van der Waals surface area contributed by atoms with Crippen molar-refractivity contribution in [2.75, 3.05) is 13.2 Å². The van der Waals surface area contributed by atoms with Gasteiger partial charge >= 0.3 is 6.09 Å². The second kappa shape index (κ2) is 5.76. The molecule has 12 heavy (non-hydrogen) atoms. The smallest absolute Gasteiger partial charge is 0.409 e. The number of nitrogens with one attached hydrogen (secondary N) is 1. The SMILES string of the molecule is [CH2]C(O)COC(=O)NC(O)CO. The Morgan fingerprint density at radius 2 is 2.17 bits per heavy atom. The van der Waals surface area contributed by atoms with Gasteiger partial charge in [-0.05, 0) is 6.92 Å². The van der Waals surface area contributed by atoms with Crippen LogP contribution in [0.1, 0.15) is 0 Å². The average Bonchev–Trinajstić information content (AvgIpc) is 2.00. The molecule has 0 heterocycles. The minimum Gasteiger partial charge on any atom is -0.447 e. The van der Waals surface area contributed by atoms with E-state index in [0.29, 0.717) is 0 Å². The molecule has 71 valence electrons. The predicted octanol–water partition coefficient (Wildman–Crippen LogP) is -1.78. The van der Waals surface area contributed by atoms with Crippen molar-refractivity contribution < 1.29 is 24.9 Å². The molecule has 0 aliphatic rings. The van der Waals surface area contributed by atoms with E-state index < -0.39 is 25.0 Å². The largest absolute Gasteiger partial charge is 0.447 e. The summed E-state index contributed by atoms with van der Waals surface area (Å²) in [5.41, 5.74) is 0. The standard InChI is InChI=1S/C6H12NO5/c1-4(9)3-12-6(11)7-5(10)2-8/h4-5,8-10H,1-3H2,(H,7,11). The van der Waals surface area contributed by atoms with E-state index in [0.717, 1.165) is 0 Å². The molecule has 0 bridgehead atoms. The molecule has 6 nitrogen and oxygen atoms in total. The third kappa shape index (κ3) is 5.90. The molecular formula is C6H12NO5. The van der Waals surface area contributed by atoms with Crippen molar-refractivity contribution in [1.29, 1.82) is 0 Å². The normalized spacial score (nSPS) is 15.0. The van der Waals surface area contributed by atoms with Crippen molar-refractivity contribution in [3.8, 4) is 0 Å². The first-order valence-electron chi connectivity index (χ1n) is 3.29. The van der Waals surface area contributed by atoms with Gasteiger partial charge in [-0.15, -0.1) is 0 Å². The van der Waals surface area contributed by atoms with Crippen molar-refractivity contribution in [2.45, 2.75) is 12.3 Å². The summed E-state index contributed by atoms with van der Waals surface area (Å²) in [4.78, 5) is 10.6. The molecule has 2 unspecified atom stereocenters. The number of ether oxygens (including phenoxy) is 1. The summed E-state index contributed by atoms with van der Waals surface area (Å²) in [5, 5.41) is 27.4. The fraction of sp³-hybridized carbons (Fsp3) is 0.667. The van der Waals surface area contributed by atoms with Crippen LogP contribution in [-0.2, 0) is 4.74 Å². The molecule has 4 N–H and O–H groups in total. The van der Waals surface area contributed by atoms with E-state index >= 15 is 0 Å². The van der Waals surface area contributed by atoms with Gasteiger partial charge in [-0.3, -0.25) is 5.32 Å². The number of carbonyl (C=O) groups is 1. The number of alkyl carbamates (subject to hydrolysis) is 1. The minimum absolute atomic E-state index is 0.260. The zero-order valence-electron chi connectivity index (χ0n) is 6.43. The summed E-state index contributed by atoms with van der Waals surface area (Å²) in [6.45, 7) is 2.29. The van der Waals surface area contributed by atoms with Crippen LogP contribution in [0.25, 0.3) is 0 Å². The number of aliphatic hydroxyl groups is 3. The lowest BCUT2D eigenvalue weighted by atomic mass is 10.4. The van der Waals surface area contributed by atoms with Crippen LogP contribution in [0.4, 0.5) is 4.79 Å². The maximum absolute atomic E-state index is 10.6. The van der Waals surface area contributed by atoms with E-state index in [-0.39, 0.29) is 6.61 Å². The Morgan fingerprint density at radius 1 is 1.58 bits per heavy atom. The van der Waals surface area contributed by atoms with Crippen LogP contribution in [0.15, 0.2) is 0 Å². The van der Waals surface area contributed by atoms with Gasteiger partial charge in [-0.25, -0.2) is 4.79 Å². The van der Waals surface area contributed by atoms with Crippen LogP contribution < -0.4 is 5.32 Å². The average molecular weight is 178 g/mol. The molecule has 0 spiro atoms. The number of rotatable bonds is 4. The lowest BCUT2D eigenvalue weighted by molar-refractivity contribution is 0.0458. The van der Waals surface area contributed by atoms with Crippen molar-refractivity contribution in [3.05, 3.63) is 6.92 Å². The number of hydrogen-bond donors (Lipinski definition) is 4. The maximum atomic E-state index is 10.6. The highest BCUT2D eigenvalue weighted by Crippen LogP contribution is 1.84. The third-order valence-corrected chi connectivity index (χ3v) is 0.864. The summed E-state index contributed by atoms with van der Waals surface area (Å²) in [6, 6.07) is 0. The van der Waals surface area contributed by atoms with Crippen LogP contribution in [0, 0.1) is 6.92 Å². The molecule has 0 saturated heterocycles. The maximum Gasteiger partial charge on any atom is 0.409 e. The molecule has 0 aliphatic carbocycles. The van der Waals surface area contributed by atoms with Gasteiger partial charge < -0.3 is 20.1 Å². The second-order valence-electron chi connectivity index (χ2n) is 2.09. The number of hydrogen-bond acceptors (Lipinski definition) is 5. The number of amides is 1. The van der Waals surface area contributed by atoms with Gasteiger partial charge in [0.25, 0.3) is 0 Å². The van der Waals surface area contributed by atoms with E-state index in [1.165, 1.54) is 0 Å². The highest BCUT2D eigenvalue weighted by molar-refractivity contribution is 5.67. The van der Waals surface area contributed by atoms with Crippen molar-refractivity contribution in [1.82, 2.24) is 5.32 Å². The van der Waals surface area contributed by atoms with E-state index in [1.807, 2.05) is 5.32 Å². The quantitative estimate of drug-likeness (QED) is 0.381. The Bertz CT molecular complexity index is 138. The van der Waals surface area contributed by atoms with Gasteiger partial charge in [0.2, 0.25) is 0 Å². The molecule has 6 heteroatoms. The number of aliphatic hydroxyl groups excluding tert-OH is 3. The Labute approximate surface area is 69.8 Å². The molecule has 1 radical (unpaired) electrons. The highest BCUT2D eigenvalue weighted by atomic mass is 16.6. The first-order chi connectivity index (χ1) is 5.56. The zero-order valence-corrected chi connectivity index (χ0v) is 6.43. The molecule has 0 aromatic heterocycles. The van der Waals surface area contributed by atoms with Gasteiger partial charge in [-0.2, -0.15) is 0 Å². The van der Waals surface area contributed by atoms with E-state index in [1.54, 1.807) is 0 Å². The molecule has 0 rings (SSSR count). The van der Waals surface area contributed by atoms with Gasteiger partial charge in [0.15, 0.2) is 6.23 Å². The lowest BCUT2D eigenvalue weighted by Gasteiger charge is -2.10. The highest BCUT2D eigenvalue weighted by Gasteiger charge is 2.08. The van der Waals surface area contributed by atoms with E-state index in [4.69, 9.17) is 15.3 Å². The first-order valence-corrected chi connectivity index (χ1v) is 3.29. The minimum atomic E-state index is -1.35. The van der Waals surface area contributed by atoms with E-state index in [9.17, 15) is 4.79 Å². The van der Waals surface area contributed by atoms with Gasteiger partial charge in [-0.1, -0.05) is 0 Å². The Morgan fingerprint density at radius 3 is 2.58 bits per heavy atom. The van der Waals surface area contributed by atoms with Crippen LogP contribution in [0.2, 0.25) is 0 Å². The van der Waals surface area contributed by atoms with Crippen molar-refractivity contribution in [2.24, 2.45) is 0 Å². The third-order valence-electron chi connectivity index (χ3n) is 0.864. The topological polar surface area (TPSA) is 99.0 Å². The summed E-state index contributed by atoms with van der Waals surface area (Å²) in [5.74, 6) is 0. The van der Waals surface area contributed by atoms with Gasteiger partial charge in [0, 0.05) is 0 Å². The molecule has 0 aromatic carbocycles. The lowest BCUT2D eigenvalue weighted by Crippen LogP contribution is -2.38. The first kappa shape index (κ1) is 11.2. The Balaban J connectivity index is 3.46. The Kier molecular flexibility index (Phi) is 5.35. The van der Waals surface area contributed by atoms with Crippen LogP contribution in [0.5, 0.6) is 0 Å². The van der Waals surface area contributed by atoms with Crippen molar-refractivity contribution >= 4 is 6.09 Å². The molecule has 2 atom stereocenters. The summed E-state index contributed by atoms with van der Waals surface area (Å²) in [6.07, 6.45) is -3.26. The van der Waals surface area contributed by atoms with Crippen LogP contribution >= 0.6 is 0 Å². The van der Waals surface area contributed by atoms with E-state index in [2.05, 4.69) is 11.7 Å². The van der Waals surface area contributed by atoms with Gasteiger partial charge in [0.1, 0.15) is 6.61 Å². The zero-order chi connectivity index (χ0) is 9.56. The summed E-state index contributed by atoms with van der Waals surface area (Å²) in [7, 11) is 0. The van der Waals surface area contributed by atoms with Crippen LogP contribution in [-0.4, -0.2) is 47.0 Å². The molecule has 0 saturated carbocycles. The van der Waals surface area contributed by atoms with Crippen LogP contribution in [0.3, 0.4) is 0 Å². The molecule has 0 aromatic rings.